The molecule has 2 nitrogen and oxygen atoms in total. The number of ketones is 1. The molecule has 0 amide bonds. The molecule has 1 unspecified atom stereocenters. The third-order valence-electron chi connectivity index (χ3n) is 2.78. The van der Waals surface area contributed by atoms with Crippen molar-refractivity contribution in [1.29, 1.82) is 0 Å². The van der Waals surface area contributed by atoms with Crippen molar-refractivity contribution >= 4 is 21.7 Å². The third-order valence-corrected chi connectivity index (χ3v) is 3.24. The summed E-state index contributed by atoms with van der Waals surface area (Å²) in [5.74, 6) is -2.60. The summed E-state index contributed by atoms with van der Waals surface area (Å²) < 4.78 is 32.6. The van der Waals surface area contributed by atoms with Crippen molar-refractivity contribution < 1.29 is 18.3 Å². The van der Waals surface area contributed by atoms with Crippen LogP contribution in [0.2, 0.25) is 0 Å². The van der Waals surface area contributed by atoms with Crippen molar-refractivity contribution in [3.05, 3.63) is 33.8 Å². The zero-order valence-corrected chi connectivity index (χ0v) is 10.6. The fourth-order valence-electron chi connectivity index (χ4n) is 1.93. The fourth-order valence-corrected chi connectivity index (χ4v) is 2.33. The van der Waals surface area contributed by atoms with Gasteiger partial charge in [-0.15, -0.1) is 0 Å². The van der Waals surface area contributed by atoms with Gasteiger partial charge in [0.05, 0.1) is 12.2 Å². The van der Waals surface area contributed by atoms with Crippen LogP contribution in [0.3, 0.4) is 0 Å². The first-order valence-corrected chi connectivity index (χ1v) is 6.15. The molecule has 0 bridgehead atoms. The maximum atomic E-state index is 13.6. The van der Waals surface area contributed by atoms with E-state index in [0.717, 1.165) is 18.6 Å². The predicted molar refractivity (Wildman–Crippen MR) is 61.9 cm³/mol. The van der Waals surface area contributed by atoms with Crippen LogP contribution >= 0.6 is 15.9 Å². The van der Waals surface area contributed by atoms with Gasteiger partial charge in [0.1, 0.15) is 11.6 Å². The van der Waals surface area contributed by atoms with Crippen molar-refractivity contribution in [1.82, 2.24) is 0 Å². The average Bonchev–Trinajstić information content (AvgIpc) is 2.28. The zero-order valence-electron chi connectivity index (χ0n) is 9.01. The number of carbonyl (C=O) groups is 1. The summed E-state index contributed by atoms with van der Waals surface area (Å²) >= 11 is 2.98. The first-order valence-electron chi connectivity index (χ1n) is 5.36. The number of hydrogen-bond donors (Lipinski definition) is 0. The Labute approximate surface area is 106 Å². The number of Topliss-reactive ketones (excluding diaryl/α,β-unsaturated/α-hetero) is 1. The minimum atomic E-state index is -0.826. The standard InChI is InChI=1S/C12H11BrF2O2/c13-8-4-9(14)11(10(15)5-8)12(16)7-2-1-3-17-6-7/h4-5,7H,1-3,6H2. The van der Waals surface area contributed by atoms with Crippen molar-refractivity contribution in [3.8, 4) is 0 Å². The van der Waals surface area contributed by atoms with Gasteiger partial charge in [-0.05, 0) is 25.0 Å². The first kappa shape index (κ1) is 12.6. The van der Waals surface area contributed by atoms with Gasteiger partial charge in [-0.2, -0.15) is 0 Å². The Hall–Kier alpha value is -0.810. The van der Waals surface area contributed by atoms with Crippen LogP contribution in [0.4, 0.5) is 8.78 Å². The lowest BCUT2D eigenvalue weighted by Gasteiger charge is -2.21. The van der Waals surface area contributed by atoms with Gasteiger partial charge in [-0.25, -0.2) is 8.78 Å². The predicted octanol–water partition coefficient (Wildman–Crippen LogP) is 3.34. The normalized spacial score (nSPS) is 20.3. The maximum Gasteiger partial charge on any atom is 0.174 e. The molecule has 17 heavy (non-hydrogen) atoms. The molecule has 1 aliphatic heterocycles. The van der Waals surface area contributed by atoms with Crippen LogP contribution in [0.1, 0.15) is 23.2 Å². The first-order chi connectivity index (χ1) is 8.09. The highest BCUT2D eigenvalue weighted by atomic mass is 79.9. The molecule has 1 aromatic carbocycles. The van der Waals surface area contributed by atoms with Gasteiger partial charge in [0.2, 0.25) is 0 Å². The van der Waals surface area contributed by atoms with Crippen LogP contribution in [-0.4, -0.2) is 19.0 Å². The lowest BCUT2D eigenvalue weighted by atomic mass is 9.92. The fraction of sp³-hybridized carbons (Fsp3) is 0.417. The number of hydrogen-bond acceptors (Lipinski definition) is 2. The van der Waals surface area contributed by atoms with E-state index < -0.39 is 28.9 Å². The minimum absolute atomic E-state index is 0.244. The summed E-state index contributed by atoms with van der Waals surface area (Å²) in [6, 6.07) is 2.19. The Kier molecular flexibility index (Phi) is 3.89. The van der Waals surface area contributed by atoms with E-state index in [1.54, 1.807) is 0 Å². The second-order valence-corrected chi connectivity index (χ2v) is 4.94. The van der Waals surface area contributed by atoms with Gasteiger partial charge >= 0.3 is 0 Å². The summed E-state index contributed by atoms with van der Waals surface area (Å²) in [5, 5.41) is 0. The summed E-state index contributed by atoms with van der Waals surface area (Å²) in [6.07, 6.45) is 1.37. The molecule has 1 atom stereocenters. The SMILES string of the molecule is O=C(c1c(F)cc(Br)cc1F)C1CCCOC1. The van der Waals surface area contributed by atoms with Gasteiger partial charge in [-0.1, -0.05) is 15.9 Å². The molecule has 1 aliphatic rings. The number of carbonyl (C=O) groups excluding carboxylic acids is 1. The van der Waals surface area contributed by atoms with Crippen molar-refractivity contribution in [2.45, 2.75) is 12.8 Å². The molecule has 0 radical (unpaired) electrons. The number of rotatable bonds is 2. The molecule has 1 saturated heterocycles. The number of ether oxygens (including phenoxy) is 1. The molecular formula is C12H11BrF2O2. The molecule has 2 rings (SSSR count). The molecule has 0 spiro atoms. The molecule has 1 fully saturated rings. The highest BCUT2D eigenvalue weighted by molar-refractivity contribution is 9.10. The number of benzene rings is 1. The molecule has 0 N–H and O–H groups in total. The second-order valence-electron chi connectivity index (χ2n) is 4.02. The van der Waals surface area contributed by atoms with Crippen LogP contribution < -0.4 is 0 Å². The summed E-state index contributed by atoms with van der Waals surface area (Å²) in [4.78, 5) is 12.0. The average molecular weight is 305 g/mol. The summed E-state index contributed by atoms with van der Waals surface area (Å²) in [5.41, 5.74) is -0.455. The maximum absolute atomic E-state index is 13.6. The van der Waals surface area contributed by atoms with E-state index in [1.165, 1.54) is 0 Å². The van der Waals surface area contributed by atoms with Crippen molar-refractivity contribution in [2.75, 3.05) is 13.2 Å². The van der Waals surface area contributed by atoms with E-state index in [1.807, 2.05) is 0 Å². The molecule has 92 valence electrons. The molecule has 0 saturated carbocycles. The molecule has 0 aromatic heterocycles. The van der Waals surface area contributed by atoms with E-state index in [0.29, 0.717) is 13.0 Å². The van der Waals surface area contributed by atoms with E-state index in [2.05, 4.69) is 15.9 Å². The lowest BCUT2D eigenvalue weighted by molar-refractivity contribution is 0.0456. The van der Waals surface area contributed by atoms with Gasteiger partial charge in [0.25, 0.3) is 0 Å². The Morgan fingerprint density at radius 3 is 2.53 bits per heavy atom. The lowest BCUT2D eigenvalue weighted by Crippen LogP contribution is -2.26. The summed E-state index contributed by atoms with van der Waals surface area (Å²) in [6.45, 7) is 0.850. The molecule has 0 aliphatic carbocycles. The largest absolute Gasteiger partial charge is 0.381 e. The Morgan fingerprint density at radius 1 is 1.35 bits per heavy atom. The summed E-state index contributed by atoms with van der Waals surface area (Å²) in [7, 11) is 0. The van der Waals surface area contributed by atoms with Crippen molar-refractivity contribution in [3.63, 3.8) is 0 Å². The molecule has 5 heteroatoms. The van der Waals surface area contributed by atoms with Gasteiger partial charge < -0.3 is 4.74 Å². The Bertz CT molecular complexity index is 419. The van der Waals surface area contributed by atoms with Crippen LogP contribution in [0.5, 0.6) is 0 Å². The van der Waals surface area contributed by atoms with Crippen molar-refractivity contribution in [2.24, 2.45) is 5.92 Å². The monoisotopic (exact) mass is 304 g/mol. The van der Waals surface area contributed by atoms with E-state index in [-0.39, 0.29) is 11.1 Å². The van der Waals surface area contributed by atoms with Crippen LogP contribution in [0.15, 0.2) is 16.6 Å². The van der Waals surface area contributed by atoms with Gasteiger partial charge in [-0.3, -0.25) is 4.79 Å². The quantitative estimate of drug-likeness (QED) is 0.783. The number of halogens is 3. The van der Waals surface area contributed by atoms with E-state index >= 15 is 0 Å². The second kappa shape index (κ2) is 5.23. The highest BCUT2D eigenvalue weighted by Gasteiger charge is 2.27. The third kappa shape index (κ3) is 2.72. The highest BCUT2D eigenvalue weighted by Crippen LogP contribution is 2.25. The smallest absolute Gasteiger partial charge is 0.174 e. The van der Waals surface area contributed by atoms with E-state index in [9.17, 15) is 13.6 Å². The molecule has 1 aromatic rings. The van der Waals surface area contributed by atoms with Crippen LogP contribution in [-0.2, 0) is 4.74 Å². The van der Waals surface area contributed by atoms with E-state index in [4.69, 9.17) is 4.74 Å². The molecular weight excluding hydrogens is 294 g/mol. The molecule has 1 heterocycles. The topological polar surface area (TPSA) is 26.3 Å². The van der Waals surface area contributed by atoms with Crippen LogP contribution in [0.25, 0.3) is 0 Å². The Morgan fingerprint density at radius 2 is 2.00 bits per heavy atom. The van der Waals surface area contributed by atoms with Gasteiger partial charge in [0.15, 0.2) is 5.78 Å². The Balaban J connectivity index is 2.30. The van der Waals surface area contributed by atoms with Gasteiger partial charge in [0, 0.05) is 17.0 Å². The zero-order chi connectivity index (χ0) is 12.4. The van der Waals surface area contributed by atoms with Crippen LogP contribution in [0, 0.1) is 17.6 Å². The minimum Gasteiger partial charge on any atom is -0.381 e.